The smallest absolute Gasteiger partial charge is 0.414 e. The fourth-order valence-electron chi connectivity index (χ4n) is 1.96. The minimum Gasteiger partial charge on any atom is -0.473 e. The van der Waals surface area contributed by atoms with Crippen molar-refractivity contribution in [2.75, 3.05) is 19.3 Å². The molecule has 0 bridgehead atoms. The fraction of sp³-hybridized carbons (Fsp3) is 0.818. The minimum absolute atomic E-state index is 0.0694. The maximum absolute atomic E-state index is 11.7. The molecular formula is C11H22N2O6S. The zero-order valence-electron chi connectivity index (χ0n) is 11.5. The van der Waals surface area contributed by atoms with Crippen LogP contribution in [0.4, 0.5) is 0 Å². The molecule has 0 heterocycles. The molecule has 0 amide bonds. The lowest BCUT2D eigenvalue weighted by Gasteiger charge is -2.30. The van der Waals surface area contributed by atoms with E-state index in [1.807, 2.05) is 0 Å². The van der Waals surface area contributed by atoms with Crippen molar-refractivity contribution in [3.63, 3.8) is 0 Å². The first-order chi connectivity index (χ1) is 9.22. The number of nitrogens with zero attached hydrogens (tertiary/aromatic N) is 1. The van der Waals surface area contributed by atoms with Crippen LogP contribution < -0.4 is 5.73 Å². The summed E-state index contributed by atoms with van der Waals surface area (Å²) in [5.41, 5.74) is 5.28. The van der Waals surface area contributed by atoms with E-state index in [0.29, 0.717) is 0 Å². The van der Waals surface area contributed by atoms with Crippen molar-refractivity contribution in [1.82, 2.24) is 4.31 Å². The molecule has 0 aromatic heterocycles. The molecule has 20 heavy (non-hydrogen) atoms. The number of rotatable bonds is 4. The molecule has 0 aromatic rings. The van der Waals surface area contributed by atoms with Gasteiger partial charge < -0.3 is 15.9 Å². The molecule has 8 nitrogen and oxygen atoms in total. The lowest BCUT2D eigenvalue weighted by Crippen LogP contribution is -2.40. The first-order valence-electron chi connectivity index (χ1n) is 6.34. The summed E-state index contributed by atoms with van der Waals surface area (Å²) in [6.07, 6.45) is 5.53. The monoisotopic (exact) mass is 310 g/mol. The Morgan fingerprint density at radius 2 is 1.60 bits per heavy atom. The third kappa shape index (κ3) is 6.83. The molecule has 118 valence electrons. The molecule has 0 unspecified atom stereocenters. The van der Waals surface area contributed by atoms with Gasteiger partial charge >= 0.3 is 11.9 Å². The van der Waals surface area contributed by atoms with Crippen molar-refractivity contribution in [3.05, 3.63) is 0 Å². The van der Waals surface area contributed by atoms with Crippen LogP contribution in [0.5, 0.6) is 0 Å². The van der Waals surface area contributed by atoms with Crippen LogP contribution in [-0.4, -0.2) is 60.3 Å². The second kappa shape index (κ2) is 8.88. The normalized spacial score (nSPS) is 16.4. The molecule has 1 aliphatic rings. The van der Waals surface area contributed by atoms with Gasteiger partial charge in [0.25, 0.3) is 0 Å². The first kappa shape index (κ1) is 18.8. The number of hydrogen-bond acceptors (Lipinski definition) is 5. The summed E-state index contributed by atoms with van der Waals surface area (Å²) in [4.78, 5) is 18.2. The Morgan fingerprint density at radius 3 is 1.95 bits per heavy atom. The zero-order valence-corrected chi connectivity index (χ0v) is 12.3. The Morgan fingerprint density at radius 1 is 1.15 bits per heavy atom. The minimum atomic E-state index is -3.10. The molecule has 0 aromatic carbocycles. The van der Waals surface area contributed by atoms with Gasteiger partial charge in [0.1, 0.15) is 0 Å². The molecule has 4 N–H and O–H groups in total. The number of carboxylic acids is 2. The molecule has 0 spiro atoms. The predicted molar refractivity (Wildman–Crippen MR) is 72.7 cm³/mol. The molecule has 9 heteroatoms. The number of carbonyl (C=O) groups is 2. The highest BCUT2D eigenvalue weighted by molar-refractivity contribution is 7.89. The molecule has 0 radical (unpaired) electrons. The van der Waals surface area contributed by atoms with E-state index in [0.717, 1.165) is 25.7 Å². The summed E-state index contributed by atoms with van der Waals surface area (Å²) < 4.78 is 24.9. The average molecular weight is 310 g/mol. The fourth-order valence-corrected chi connectivity index (χ4v) is 3.22. The SMILES string of the molecule is CN(C1CCCCC1)S(=O)(=O)CCN.O=C(O)C(=O)O. The van der Waals surface area contributed by atoms with Crippen LogP contribution in [0.3, 0.4) is 0 Å². The largest absolute Gasteiger partial charge is 0.473 e. The molecule has 0 aliphatic heterocycles. The van der Waals surface area contributed by atoms with Gasteiger partial charge in [-0.05, 0) is 12.8 Å². The van der Waals surface area contributed by atoms with E-state index in [4.69, 9.17) is 25.5 Å². The second-order valence-electron chi connectivity index (χ2n) is 4.52. The van der Waals surface area contributed by atoms with Gasteiger partial charge in [0.05, 0.1) is 5.75 Å². The van der Waals surface area contributed by atoms with Crippen LogP contribution in [0, 0.1) is 0 Å². The first-order valence-corrected chi connectivity index (χ1v) is 7.95. The van der Waals surface area contributed by atoms with Crippen LogP contribution >= 0.6 is 0 Å². The zero-order chi connectivity index (χ0) is 15.8. The predicted octanol–water partition coefficient (Wildman–Crippen LogP) is -0.305. The number of aliphatic carboxylic acids is 2. The summed E-state index contributed by atoms with van der Waals surface area (Å²) in [6.45, 7) is 0.208. The van der Waals surface area contributed by atoms with Crippen molar-refractivity contribution in [2.45, 2.75) is 38.1 Å². The van der Waals surface area contributed by atoms with Crippen LogP contribution in [0.15, 0.2) is 0 Å². The third-order valence-corrected chi connectivity index (χ3v) is 5.01. The van der Waals surface area contributed by atoms with E-state index in [2.05, 4.69) is 0 Å². The highest BCUT2D eigenvalue weighted by atomic mass is 32.2. The van der Waals surface area contributed by atoms with Gasteiger partial charge in [0.2, 0.25) is 10.0 Å². The molecule has 1 aliphatic carbocycles. The van der Waals surface area contributed by atoms with Crippen LogP contribution in [0.25, 0.3) is 0 Å². The van der Waals surface area contributed by atoms with Crippen molar-refractivity contribution >= 4 is 22.0 Å². The van der Waals surface area contributed by atoms with Crippen LogP contribution in [0.2, 0.25) is 0 Å². The summed E-state index contributed by atoms with van der Waals surface area (Å²) in [6, 6.07) is 0.209. The van der Waals surface area contributed by atoms with Gasteiger partial charge in [-0.1, -0.05) is 19.3 Å². The van der Waals surface area contributed by atoms with E-state index in [9.17, 15) is 8.42 Å². The Hall–Kier alpha value is -1.19. The number of sulfonamides is 1. The summed E-state index contributed by atoms with van der Waals surface area (Å²) in [7, 11) is -1.42. The van der Waals surface area contributed by atoms with E-state index < -0.39 is 22.0 Å². The molecule has 0 atom stereocenters. The Kier molecular flexibility index (Phi) is 8.35. The summed E-state index contributed by atoms with van der Waals surface area (Å²) in [5.74, 6) is -3.58. The van der Waals surface area contributed by atoms with Gasteiger partial charge in [-0.2, -0.15) is 0 Å². The Bertz CT molecular complexity index is 405. The molecule has 1 rings (SSSR count). The Labute approximate surface area is 118 Å². The van der Waals surface area contributed by atoms with Gasteiger partial charge in [-0.15, -0.1) is 0 Å². The van der Waals surface area contributed by atoms with Gasteiger partial charge in [0, 0.05) is 19.6 Å². The van der Waals surface area contributed by atoms with Crippen LogP contribution in [-0.2, 0) is 19.6 Å². The van der Waals surface area contributed by atoms with Gasteiger partial charge in [-0.25, -0.2) is 22.3 Å². The summed E-state index contributed by atoms with van der Waals surface area (Å²) in [5, 5.41) is 14.8. The number of nitrogens with two attached hydrogens (primary N) is 1. The quantitative estimate of drug-likeness (QED) is 0.606. The molecule has 1 saturated carbocycles. The van der Waals surface area contributed by atoms with Crippen molar-refractivity contribution in [2.24, 2.45) is 5.73 Å². The molecule has 0 saturated heterocycles. The third-order valence-electron chi connectivity index (χ3n) is 3.09. The number of carboxylic acid groups (broad SMARTS) is 2. The molecule has 1 fully saturated rings. The van der Waals surface area contributed by atoms with Crippen molar-refractivity contribution in [3.8, 4) is 0 Å². The second-order valence-corrected chi connectivity index (χ2v) is 6.67. The highest BCUT2D eigenvalue weighted by Crippen LogP contribution is 2.23. The van der Waals surface area contributed by atoms with Crippen LogP contribution in [0.1, 0.15) is 32.1 Å². The van der Waals surface area contributed by atoms with Gasteiger partial charge in [0.15, 0.2) is 0 Å². The van der Waals surface area contributed by atoms with Crippen molar-refractivity contribution in [1.29, 1.82) is 0 Å². The van der Waals surface area contributed by atoms with E-state index in [1.165, 1.54) is 10.7 Å². The molecular weight excluding hydrogens is 288 g/mol. The summed E-state index contributed by atoms with van der Waals surface area (Å²) >= 11 is 0. The standard InChI is InChI=1S/C9H20N2O2S.C2H2O4/c1-11(14(12,13)8-7-10)9-5-3-2-4-6-9;3-1(4)2(5)6/h9H,2-8,10H2,1H3;(H,3,4)(H,5,6). The van der Waals surface area contributed by atoms with E-state index >= 15 is 0 Å². The number of hydrogen-bond donors (Lipinski definition) is 3. The maximum Gasteiger partial charge on any atom is 0.414 e. The van der Waals surface area contributed by atoms with E-state index in [-0.39, 0.29) is 18.3 Å². The maximum atomic E-state index is 11.7. The van der Waals surface area contributed by atoms with E-state index in [1.54, 1.807) is 7.05 Å². The topological polar surface area (TPSA) is 138 Å². The lowest BCUT2D eigenvalue weighted by atomic mass is 9.96. The van der Waals surface area contributed by atoms with Gasteiger partial charge in [-0.3, -0.25) is 0 Å². The highest BCUT2D eigenvalue weighted by Gasteiger charge is 2.26. The Balaban J connectivity index is 0.000000511. The van der Waals surface area contributed by atoms with Crippen molar-refractivity contribution < 1.29 is 28.2 Å². The lowest BCUT2D eigenvalue weighted by molar-refractivity contribution is -0.159. The average Bonchev–Trinajstić information content (AvgIpc) is 2.39.